The van der Waals surface area contributed by atoms with E-state index in [0.717, 1.165) is 12.1 Å². The van der Waals surface area contributed by atoms with Crippen LogP contribution in [0.3, 0.4) is 0 Å². The zero-order valence-corrected chi connectivity index (χ0v) is 15.9. The molecule has 0 spiro atoms. The highest BCUT2D eigenvalue weighted by Crippen LogP contribution is 2.22. The number of halogens is 1. The molecule has 0 radical (unpaired) electrons. The monoisotopic (exact) mass is 407 g/mol. The quantitative estimate of drug-likeness (QED) is 0.571. The highest BCUT2D eigenvalue weighted by Gasteiger charge is 2.31. The van der Waals surface area contributed by atoms with Gasteiger partial charge in [-0.3, -0.25) is 14.9 Å². The Morgan fingerprint density at radius 2 is 1.68 bits per heavy atom. The summed E-state index contributed by atoms with van der Waals surface area (Å²) in [4.78, 5) is 24.6. The number of benzene rings is 2. The molecule has 0 aromatic heterocycles. The average Bonchev–Trinajstić information content (AvgIpc) is 2.68. The second kappa shape index (κ2) is 7.64. The molecule has 0 unspecified atom stereocenters. The van der Waals surface area contributed by atoms with Gasteiger partial charge in [0.25, 0.3) is 11.6 Å². The minimum absolute atomic E-state index is 0.0113. The summed E-state index contributed by atoms with van der Waals surface area (Å²) in [5.74, 6) is -0.913. The van der Waals surface area contributed by atoms with Gasteiger partial charge in [0.1, 0.15) is 5.82 Å². The van der Waals surface area contributed by atoms with Gasteiger partial charge in [0, 0.05) is 43.4 Å². The first kappa shape index (κ1) is 19.9. The molecule has 0 N–H and O–H groups in total. The van der Waals surface area contributed by atoms with E-state index in [2.05, 4.69) is 0 Å². The van der Waals surface area contributed by atoms with Crippen LogP contribution >= 0.6 is 0 Å². The predicted molar refractivity (Wildman–Crippen MR) is 98.9 cm³/mol. The number of aryl methyl sites for hydroxylation is 1. The van der Waals surface area contributed by atoms with Crippen molar-refractivity contribution in [2.45, 2.75) is 11.8 Å². The van der Waals surface area contributed by atoms with Gasteiger partial charge in [0.05, 0.1) is 9.82 Å². The van der Waals surface area contributed by atoms with E-state index < -0.39 is 20.8 Å². The number of nitrogens with zero attached hydrogens (tertiary/aromatic N) is 3. The molecule has 1 saturated heterocycles. The second-order valence-electron chi connectivity index (χ2n) is 6.41. The molecule has 0 atom stereocenters. The smallest absolute Gasteiger partial charge is 0.273 e. The molecule has 1 heterocycles. The Hall–Kier alpha value is -2.85. The van der Waals surface area contributed by atoms with E-state index in [0.29, 0.717) is 5.56 Å². The summed E-state index contributed by atoms with van der Waals surface area (Å²) in [6, 6.07) is 8.83. The third-order valence-electron chi connectivity index (χ3n) is 4.63. The first-order chi connectivity index (χ1) is 13.2. The fourth-order valence-corrected chi connectivity index (χ4v) is 4.43. The first-order valence-electron chi connectivity index (χ1n) is 8.50. The molecular weight excluding hydrogens is 389 g/mol. The van der Waals surface area contributed by atoms with Crippen molar-refractivity contribution in [3.63, 3.8) is 0 Å². The number of carbonyl (C=O) groups is 1. The van der Waals surface area contributed by atoms with Gasteiger partial charge in [-0.2, -0.15) is 4.31 Å². The van der Waals surface area contributed by atoms with Crippen molar-refractivity contribution >= 4 is 21.6 Å². The molecule has 1 aliphatic rings. The van der Waals surface area contributed by atoms with Crippen LogP contribution in [0, 0.1) is 22.9 Å². The number of amides is 1. The summed E-state index contributed by atoms with van der Waals surface area (Å²) in [6.45, 7) is 2.06. The number of carbonyl (C=O) groups excluding carboxylic acids is 1. The fraction of sp³-hybridized carbons (Fsp3) is 0.278. The summed E-state index contributed by atoms with van der Waals surface area (Å²) in [5, 5.41) is 11.1. The van der Waals surface area contributed by atoms with E-state index in [-0.39, 0.29) is 48.2 Å². The third kappa shape index (κ3) is 3.87. The topological polar surface area (TPSA) is 101 Å². The maximum atomic E-state index is 13.0. The Morgan fingerprint density at radius 1 is 1.07 bits per heavy atom. The van der Waals surface area contributed by atoms with Gasteiger partial charge in [-0.25, -0.2) is 12.8 Å². The molecule has 10 heteroatoms. The van der Waals surface area contributed by atoms with Crippen molar-refractivity contribution in [1.29, 1.82) is 0 Å². The molecule has 28 heavy (non-hydrogen) atoms. The van der Waals surface area contributed by atoms with Gasteiger partial charge in [-0.15, -0.1) is 0 Å². The van der Waals surface area contributed by atoms with Gasteiger partial charge in [0.2, 0.25) is 10.0 Å². The van der Waals surface area contributed by atoms with Crippen LogP contribution in [0.15, 0.2) is 47.4 Å². The molecule has 0 saturated carbocycles. The maximum Gasteiger partial charge on any atom is 0.273 e. The SMILES string of the molecule is Cc1ccc(C(=O)N2CCN(S(=O)(=O)c3ccc(F)cc3)CC2)cc1[N+](=O)[O-]. The molecule has 148 valence electrons. The van der Waals surface area contributed by atoms with Crippen LogP contribution in [0.1, 0.15) is 15.9 Å². The lowest BCUT2D eigenvalue weighted by Gasteiger charge is -2.34. The predicted octanol–water partition coefficient (Wildman–Crippen LogP) is 2.19. The van der Waals surface area contributed by atoms with Gasteiger partial charge in [-0.05, 0) is 37.3 Å². The molecule has 0 bridgehead atoms. The number of nitro benzene ring substituents is 1. The molecule has 1 amide bonds. The Morgan fingerprint density at radius 3 is 2.25 bits per heavy atom. The minimum atomic E-state index is -3.78. The summed E-state index contributed by atoms with van der Waals surface area (Å²) in [5.41, 5.74) is 0.507. The summed E-state index contributed by atoms with van der Waals surface area (Å²) in [6.07, 6.45) is 0. The average molecular weight is 407 g/mol. The maximum absolute atomic E-state index is 13.0. The van der Waals surface area contributed by atoms with Crippen LogP contribution in [-0.4, -0.2) is 54.6 Å². The van der Waals surface area contributed by atoms with Crippen LogP contribution in [0.25, 0.3) is 0 Å². The molecule has 1 aliphatic heterocycles. The Kier molecular flexibility index (Phi) is 5.43. The largest absolute Gasteiger partial charge is 0.336 e. The van der Waals surface area contributed by atoms with Crippen molar-refractivity contribution in [3.8, 4) is 0 Å². The molecule has 8 nitrogen and oxygen atoms in total. The first-order valence-corrected chi connectivity index (χ1v) is 9.94. The number of hydrogen-bond donors (Lipinski definition) is 0. The Balaban J connectivity index is 1.71. The normalized spacial score (nSPS) is 15.4. The highest BCUT2D eigenvalue weighted by atomic mass is 32.2. The Bertz CT molecular complexity index is 1020. The fourth-order valence-electron chi connectivity index (χ4n) is 3.01. The van der Waals surface area contributed by atoms with Crippen LogP contribution in [0.4, 0.5) is 10.1 Å². The van der Waals surface area contributed by atoms with E-state index >= 15 is 0 Å². The second-order valence-corrected chi connectivity index (χ2v) is 8.35. The number of hydrogen-bond acceptors (Lipinski definition) is 5. The number of rotatable bonds is 4. The van der Waals surface area contributed by atoms with E-state index in [9.17, 15) is 27.7 Å². The van der Waals surface area contributed by atoms with Gasteiger partial charge >= 0.3 is 0 Å². The van der Waals surface area contributed by atoms with E-state index in [1.807, 2.05) is 0 Å². The van der Waals surface area contributed by atoms with E-state index in [1.165, 1.54) is 39.5 Å². The van der Waals surface area contributed by atoms with Crippen molar-refractivity contribution in [1.82, 2.24) is 9.21 Å². The lowest BCUT2D eigenvalue weighted by atomic mass is 10.1. The standard InChI is InChI=1S/C18H18FN3O5S/c1-13-2-3-14(12-17(13)22(24)25)18(23)20-8-10-21(11-9-20)28(26,27)16-6-4-15(19)5-7-16/h2-7,12H,8-11H2,1H3. The van der Waals surface area contributed by atoms with Crippen molar-refractivity contribution in [3.05, 3.63) is 69.5 Å². The van der Waals surface area contributed by atoms with Crippen LogP contribution in [-0.2, 0) is 10.0 Å². The molecule has 3 rings (SSSR count). The van der Waals surface area contributed by atoms with Crippen molar-refractivity contribution in [2.75, 3.05) is 26.2 Å². The molecule has 1 fully saturated rings. The zero-order chi connectivity index (χ0) is 20.5. The molecule has 2 aromatic carbocycles. The van der Waals surface area contributed by atoms with Gasteiger partial charge in [-0.1, -0.05) is 6.07 Å². The zero-order valence-electron chi connectivity index (χ0n) is 15.0. The van der Waals surface area contributed by atoms with Crippen molar-refractivity contribution < 1.29 is 22.5 Å². The molecular formula is C18H18FN3O5S. The lowest BCUT2D eigenvalue weighted by molar-refractivity contribution is -0.385. The summed E-state index contributed by atoms with van der Waals surface area (Å²) >= 11 is 0. The van der Waals surface area contributed by atoms with Crippen LogP contribution < -0.4 is 0 Å². The highest BCUT2D eigenvalue weighted by molar-refractivity contribution is 7.89. The minimum Gasteiger partial charge on any atom is -0.336 e. The Labute approximate surface area is 161 Å². The van der Waals surface area contributed by atoms with E-state index in [4.69, 9.17) is 0 Å². The van der Waals surface area contributed by atoms with Crippen molar-refractivity contribution in [2.24, 2.45) is 0 Å². The molecule has 0 aliphatic carbocycles. The third-order valence-corrected chi connectivity index (χ3v) is 6.54. The van der Waals surface area contributed by atoms with Gasteiger partial charge in [0.15, 0.2) is 0 Å². The molecule has 2 aromatic rings. The number of nitro groups is 1. The van der Waals surface area contributed by atoms with Crippen LogP contribution in [0.2, 0.25) is 0 Å². The van der Waals surface area contributed by atoms with Gasteiger partial charge < -0.3 is 4.90 Å². The lowest BCUT2D eigenvalue weighted by Crippen LogP contribution is -2.50. The number of sulfonamides is 1. The van der Waals surface area contributed by atoms with E-state index in [1.54, 1.807) is 6.92 Å². The summed E-state index contributed by atoms with van der Waals surface area (Å²) < 4.78 is 39.5. The summed E-state index contributed by atoms with van der Waals surface area (Å²) in [7, 11) is -3.78. The van der Waals surface area contributed by atoms with Crippen LogP contribution in [0.5, 0.6) is 0 Å². The number of piperazine rings is 1.